The lowest BCUT2D eigenvalue weighted by molar-refractivity contribution is -0.136. The van der Waals surface area contributed by atoms with E-state index in [0.29, 0.717) is 24.6 Å². The molecular weight excluding hydrogens is 371 g/mol. The monoisotopic (exact) mass is 396 g/mol. The van der Waals surface area contributed by atoms with Crippen LogP contribution in [0, 0.1) is 17.2 Å². The number of imidazole rings is 1. The Morgan fingerprint density at radius 1 is 1.28 bits per heavy atom. The van der Waals surface area contributed by atoms with Crippen molar-refractivity contribution in [3.8, 4) is 0 Å². The van der Waals surface area contributed by atoms with E-state index in [-0.39, 0.29) is 23.5 Å². The molecule has 1 saturated carbocycles. The van der Waals surface area contributed by atoms with Crippen LogP contribution < -0.4 is 0 Å². The summed E-state index contributed by atoms with van der Waals surface area (Å²) in [6.07, 6.45) is 6.85. The van der Waals surface area contributed by atoms with Gasteiger partial charge in [0, 0.05) is 50.9 Å². The van der Waals surface area contributed by atoms with Crippen LogP contribution in [0.4, 0.5) is 4.39 Å². The highest BCUT2D eigenvalue weighted by Gasteiger charge is 2.59. The summed E-state index contributed by atoms with van der Waals surface area (Å²) in [4.78, 5) is 34.9. The van der Waals surface area contributed by atoms with Gasteiger partial charge < -0.3 is 14.4 Å². The zero-order valence-electron chi connectivity index (χ0n) is 16.6. The van der Waals surface area contributed by atoms with Gasteiger partial charge in [-0.15, -0.1) is 0 Å². The topological polar surface area (TPSA) is 58.4 Å². The molecule has 0 radical (unpaired) electrons. The van der Waals surface area contributed by atoms with E-state index in [0.717, 1.165) is 25.2 Å². The summed E-state index contributed by atoms with van der Waals surface area (Å²) >= 11 is 0. The lowest BCUT2D eigenvalue weighted by atomic mass is 9.75. The van der Waals surface area contributed by atoms with Gasteiger partial charge in [-0.05, 0) is 49.4 Å². The van der Waals surface area contributed by atoms with Gasteiger partial charge in [0.1, 0.15) is 5.82 Å². The molecule has 29 heavy (non-hydrogen) atoms. The number of aromatic nitrogens is 2. The number of nitrogens with zero attached hydrogens (tertiary/aromatic N) is 4. The molecule has 152 valence electrons. The fourth-order valence-electron chi connectivity index (χ4n) is 4.94. The van der Waals surface area contributed by atoms with Crippen LogP contribution in [0.25, 0.3) is 0 Å². The van der Waals surface area contributed by atoms with Gasteiger partial charge in [-0.1, -0.05) is 0 Å². The molecule has 7 heteroatoms. The molecule has 2 saturated heterocycles. The van der Waals surface area contributed by atoms with Crippen LogP contribution in [-0.2, 0) is 11.8 Å². The number of amides is 2. The van der Waals surface area contributed by atoms with Crippen LogP contribution in [0.15, 0.2) is 36.8 Å². The highest BCUT2D eigenvalue weighted by atomic mass is 19.1. The number of halogens is 1. The maximum absolute atomic E-state index is 13.5. The number of benzene rings is 1. The molecule has 0 N–H and O–H groups in total. The number of hydrogen-bond acceptors (Lipinski definition) is 3. The van der Waals surface area contributed by atoms with Crippen LogP contribution in [0.3, 0.4) is 0 Å². The number of rotatable bonds is 4. The molecule has 3 aliphatic rings. The molecule has 0 unspecified atom stereocenters. The predicted octanol–water partition coefficient (Wildman–Crippen LogP) is 2.43. The van der Waals surface area contributed by atoms with Crippen molar-refractivity contribution in [2.75, 3.05) is 26.2 Å². The molecule has 1 aromatic carbocycles. The molecule has 5 rings (SSSR count). The Kier molecular flexibility index (Phi) is 4.22. The summed E-state index contributed by atoms with van der Waals surface area (Å²) in [6, 6.07) is 5.61. The second-order valence-corrected chi connectivity index (χ2v) is 8.81. The smallest absolute Gasteiger partial charge is 0.253 e. The molecule has 1 aliphatic carbocycles. The van der Waals surface area contributed by atoms with E-state index in [2.05, 4.69) is 4.98 Å². The van der Waals surface area contributed by atoms with Crippen molar-refractivity contribution in [1.29, 1.82) is 0 Å². The van der Waals surface area contributed by atoms with Crippen molar-refractivity contribution < 1.29 is 14.0 Å². The minimum Gasteiger partial charge on any atom is -0.342 e. The molecule has 2 aromatic rings. The van der Waals surface area contributed by atoms with Gasteiger partial charge in [-0.2, -0.15) is 0 Å². The average Bonchev–Trinajstić information content (AvgIpc) is 3.16. The van der Waals surface area contributed by atoms with Gasteiger partial charge >= 0.3 is 0 Å². The minimum atomic E-state index is -0.612. The zero-order valence-corrected chi connectivity index (χ0v) is 16.6. The van der Waals surface area contributed by atoms with Gasteiger partial charge in [0.05, 0.1) is 17.4 Å². The molecule has 0 bridgehead atoms. The van der Waals surface area contributed by atoms with Gasteiger partial charge in [-0.3, -0.25) is 9.59 Å². The summed E-state index contributed by atoms with van der Waals surface area (Å²) in [7, 11) is 1.91. The van der Waals surface area contributed by atoms with Gasteiger partial charge in [0.25, 0.3) is 5.91 Å². The van der Waals surface area contributed by atoms with Crippen molar-refractivity contribution in [3.05, 3.63) is 53.9 Å². The standard InChI is InChI=1S/C22H25FN4O2/c1-25-12-19(24-14-25)18-11-27(20(28)16-4-6-17(23)7-5-16)13-22(18)8-9-26(21(22)29)10-15-2-3-15/h4-7,12,14-15,18H,2-3,8-11,13H2,1H3/t18-,22-/m0/s1. The Morgan fingerprint density at radius 2 is 2.03 bits per heavy atom. The Morgan fingerprint density at radius 3 is 2.69 bits per heavy atom. The van der Waals surface area contributed by atoms with Crippen molar-refractivity contribution in [2.24, 2.45) is 18.4 Å². The molecule has 2 amide bonds. The van der Waals surface area contributed by atoms with E-state index in [4.69, 9.17) is 0 Å². The van der Waals surface area contributed by atoms with E-state index in [1.165, 1.54) is 37.1 Å². The summed E-state index contributed by atoms with van der Waals surface area (Å²) < 4.78 is 15.2. The number of carbonyl (C=O) groups excluding carboxylic acids is 2. The highest BCUT2D eigenvalue weighted by molar-refractivity contribution is 5.96. The first-order valence-corrected chi connectivity index (χ1v) is 10.3. The first-order valence-electron chi connectivity index (χ1n) is 10.3. The number of aryl methyl sites for hydroxylation is 1. The predicted molar refractivity (Wildman–Crippen MR) is 105 cm³/mol. The number of carbonyl (C=O) groups is 2. The Labute approximate surface area is 169 Å². The zero-order chi connectivity index (χ0) is 20.2. The molecule has 1 spiro atoms. The third-order valence-corrected chi connectivity index (χ3v) is 6.72. The lowest BCUT2D eigenvalue weighted by Crippen LogP contribution is -2.41. The van der Waals surface area contributed by atoms with Crippen molar-refractivity contribution in [1.82, 2.24) is 19.4 Å². The Balaban J connectivity index is 1.46. The summed E-state index contributed by atoms with van der Waals surface area (Å²) in [5.41, 5.74) is 0.700. The second kappa shape index (κ2) is 6.68. The van der Waals surface area contributed by atoms with Crippen LogP contribution >= 0.6 is 0 Å². The molecule has 3 fully saturated rings. The maximum atomic E-state index is 13.5. The molecule has 6 nitrogen and oxygen atoms in total. The third-order valence-electron chi connectivity index (χ3n) is 6.72. The fourth-order valence-corrected chi connectivity index (χ4v) is 4.94. The van der Waals surface area contributed by atoms with Crippen LogP contribution in [0.1, 0.15) is 41.2 Å². The third kappa shape index (κ3) is 3.12. The van der Waals surface area contributed by atoms with Crippen molar-refractivity contribution in [2.45, 2.75) is 25.2 Å². The van der Waals surface area contributed by atoms with Gasteiger partial charge in [-0.25, -0.2) is 9.37 Å². The first kappa shape index (κ1) is 18.3. The van der Waals surface area contributed by atoms with E-state index in [1.807, 2.05) is 22.7 Å². The number of hydrogen-bond donors (Lipinski definition) is 0. The summed E-state index contributed by atoms with van der Waals surface area (Å²) in [5, 5.41) is 0. The average molecular weight is 396 g/mol. The van der Waals surface area contributed by atoms with Gasteiger partial charge in [0.15, 0.2) is 0 Å². The Hall–Kier alpha value is -2.70. The summed E-state index contributed by atoms with van der Waals surface area (Å²) in [5.74, 6) is 0.156. The minimum absolute atomic E-state index is 0.121. The lowest BCUT2D eigenvalue weighted by Gasteiger charge is -2.27. The quantitative estimate of drug-likeness (QED) is 0.798. The molecule has 2 atom stereocenters. The van der Waals surface area contributed by atoms with E-state index < -0.39 is 5.41 Å². The van der Waals surface area contributed by atoms with E-state index >= 15 is 0 Å². The van der Waals surface area contributed by atoms with Gasteiger partial charge in [0.2, 0.25) is 5.91 Å². The molecule has 1 aromatic heterocycles. The van der Waals surface area contributed by atoms with Crippen LogP contribution in [0.2, 0.25) is 0 Å². The van der Waals surface area contributed by atoms with E-state index in [1.54, 1.807) is 11.2 Å². The normalized spacial score (nSPS) is 26.7. The van der Waals surface area contributed by atoms with E-state index in [9.17, 15) is 14.0 Å². The molecule has 2 aliphatic heterocycles. The highest BCUT2D eigenvalue weighted by Crippen LogP contribution is 2.50. The number of likely N-dealkylation sites (tertiary alicyclic amines) is 2. The maximum Gasteiger partial charge on any atom is 0.253 e. The van der Waals surface area contributed by atoms with Crippen molar-refractivity contribution >= 4 is 11.8 Å². The van der Waals surface area contributed by atoms with Crippen LogP contribution in [-0.4, -0.2) is 57.3 Å². The SMILES string of the molecule is Cn1cnc([C@@H]2CN(C(=O)c3ccc(F)cc3)C[C@@]23CCN(CC2CC2)C3=O)c1. The summed E-state index contributed by atoms with van der Waals surface area (Å²) in [6.45, 7) is 2.43. The second-order valence-electron chi connectivity index (χ2n) is 8.81. The Bertz CT molecular complexity index is 952. The van der Waals surface area contributed by atoms with Crippen LogP contribution in [0.5, 0.6) is 0 Å². The van der Waals surface area contributed by atoms with Crippen molar-refractivity contribution in [3.63, 3.8) is 0 Å². The molecular formula is C22H25FN4O2. The molecule has 3 heterocycles. The first-order chi connectivity index (χ1) is 14.0. The fraction of sp³-hybridized carbons (Fsp3) is 0.500. The largest absolute Gasteiger partial charge is 0.342 e.